The Labute approximate surface area is 133 Å². The van der Waals surface area contributed by atoms with Crippen LogP contribution in [0.3, 0.4) is 0 Å². The first-order valence-corrected chi connectivity index (χ1v) is 8.57. The molecule has 0 aliphatic heterocycles. The summed E-state index contributed by atoms with van der Waals surface area (Å²) in [5.41, 5.74) is 9.86. The molecule has 3 rings (SSSR count). The molecule has 1 amide bonds. The van der Waals surface area contributed by atoms with E-state index in [0.29, 0.717) is 17.9 Å². The van der Waals surface area contributed by atoms with Gasteiger partial charge in [-0.15, -0.1) is 0 Å². The minimum atomic E-state index is 0.154. The van der Waals surface area contributed by atoms with Crippen LogP contribution in [0.4, 0.5) is 5.69 Å². The second-order valence-electron chi connectivity index (χ2n) is 7.36. The van der Waals surface area contributed by atoms with E-state index >= 15 is 0 Å². The molecule has 2 saturated carbocycles. The largest absolute Gasteiger partial charge is 0.327 e. The highest BCUT2D eigenvalue weighted by Crippen LogP contribution is 2.42. The van der Waals surface area contributed by atoms with Gasteiger partial charge in [0.15, 0.2) is 0 Å². The molecule has 120 valence electrons. The second-order valence-corrected chi connectivity index (χ2v) is 7.36. The maximum Gasteiger partial charge on any atom is 0.229 e. The summed E-state index contributed by atoms with van der Waals surface area (Å²) in [6, 6.07) is 6.59. The predicted octanol–water partition coefficient (Wildman–Crippen LogP) is 3.42. The van der Waals surface area contributed by atoms with Gasteiger partial charge >= 0.3 is 0 Å². The van der Waals surface area contributed by atoms with Crippen LogP contribution in [-0.2, 0) is 4.79 Å². The van der Waals surface area contributed by atoms with E-state index in [1.54, 1.807) is 0 Å². The second kappa shape index (κ2) is 6.04. The molecule has 2 bridgehead atoms. The Bertz CT molecular complexity index is 555. The molecule has 0 aromatic heterocycles. The first-order valence-electron chi connectivity index (χ1n) is 8.57. The molecule has 0 radical (unpaired) electrons. The van der Waals surface area contributed by atoms with Gasteiger partial charge in [-0.25, -0.2) is 0 Å². The fourth-order valence-electron chi connectivity index (χ4n) is 4.33. The number of benzene rings is 1. The van der Waals surface area contributed by atoms with Gasteiger partial charge in [0.1, 0.15) is 0 Å². The number of hydrogen-bond acceptors (Lipinski definition) is 2. The van der Waals surface area contributed by atoms with E-state index in [9.17, 15) is 4.79 Å². The van der Waals surface area contributed by atoms with Crippen LogP contribution in [-0.4, -0.2) is 19.0 Å². The number of nitrogens with zero attached hydrogens (tertiary/aromatic N) is 1. The molecule has 3 nitrogen and oxygen atoms in total. The number of rotatable bonds is 2. The molecule has 2 N–H and O–H groups in total. The van der Waals surface area contributed by atoms with E-state index in [0.717, 1.165) is 18.5 Å². The van der Waals surface area contributed by atoms with Crippen molar-refractivity contribution in [3.63, 3.8) is 0 Å². The fourth-order valence-corrected chi connectivity index (χ4v) is 4.33. The summed E-state index contributed by atoms with van der Waals surface area (Å²) in [7, 11) is 1.91. The predicted molar refractivity (Wildman–Crippen MR) is 90.9 cm³/mol. The Morgan fingerprint density at radius 1 is 1.14 bits per heavy atom. The third-order valence-electron chi connectivity index (χ3n) is 5.97. The number of aryl methyl sites for hydroxylation is 2. The third kappa shape index (κ3) is 2.79. The van der Waals surface area contributed by atoms with E-state index in [-0.39, 0.29) is 11.8 Å². The molecule has 2 atom stereocenters. The number of fused-ring (bicyclic) bond motifs is 2. The van der Waals surface area contributed by atoms with E-state index < -0.39 is 0 Å². The Hall–Kier alpha value is -1.35. The highest BCUT2D eigenvalue weighted by atomic mass is 16.2. The van der Waals surface area contributed by atoms with E-state index in [4.69, 9.17) is 5.73 Å². The number of amides is 1. The summed E-state index contributed by atoms with van der Waals surface area (Å²) in [6.07, 6.45) is 5.65. The molecule has 22 heavy (non-hydrogen) atoms. The quantitative estimate of drug-likeness (QED) is 0.909. The minimum Gasteiger partial charge on any atom is -0.327 e. The van der Waals surface area contributed by atoms with E-state index in [2.05, 4.69) is 32.0 Å². The number of anilines is 1. The number of carbonyl (C=O) groups is 1. The van der Waals surface area contributed by atoms with Crippen molar-refractivity contribution in [1.82, 2.24) is 0 Å². The number of nitrogens with two attached hydrogens (primary N) is 1. The smallest absolute Gasteiger partial charge is 0.229 e. The van der Waals surface area contributed by atoms with Crippen molar-refractivity contribution in [2.75, 3.05) is 11.9 Å². The molecule has 1 aromatic rings. The van der Waals surface area contributed by atoms with Crippen molar-refractivity contribution in [1.29, 1.82) is 0 Å². The Kier molecular flexibility index (Phi) is 4.26. The lowest BCUT2D eigenvalue weighted by Gasteiger charge is -2.44. The fraction of sp³-hybridized carbons (Fsp3) is 0.632. The van der Waals surface area contributed by atoms with Gasteiger partial charge in [-0.1, -0.05) is 12.5 Å². The average Bonchev–Trinajstić information content (AvgIpc) is 2.48. The average molecular weight is 300 g/mol. The summed E-state index contributed by atoms with van der Waals surface area (Å²) in [4.78, 5) is 14.8. The van der Waals surface area contributed by atoms with Crippen molar-refractivity contribution in [3.05, 3.63) is 29.3 Å². The van der Waals surface area contributed by atoms with Crippen LogP contribution in [0.15, 0.2) is 18.2 Å². The Morgan fingerprint density at radius 2 is 1.77 bits per heavy atom. The van der Waals surface area contributed by atoms with Gasteiger partial charge in [-0.05, 0) is 74.6 Å². The maximum absolute atomic E-state index is 12.9. The molecule has 0 spiro atoms. The Morgan fingerprint density at radius 3 is 2.36 bits per heavy atom. The molecule has 0 heterocycles. The summed E-state index contributed by atoms with van der Waals surface area (Å²) in [5.74, 6) is 1.53. The van der Waals surface area contributed by atoms with Crippen LogP contribution in [0.2, 0.25) is 0 Å². The van der Waals surface area contributed by atoms with Gasteiger partial charge in [-0.3, -0.25) is 4.79 Å². The summed E-state index contributed by atoms with van der Waals surface area (Å²) in [6.45, 7) is 4.20. The lowest BCUT2D eigenvalue weighted by Crippen LogP contribution is -2.49. The van der Waals surface area contributed by atoms with Gasteiger partial charge in [0.25, 0.3) is 0 Å². The number of carbonyl (C=O) groups excluding carboxylic acids is 1. The maximum atomic E-state index is 12.9. The number of hydrogen-bond donors (Lipinski definition) is 1. The summed E-state index contributed by atoms with van der Waals surface area (Å²) in [5, 5.41) is 0. The molecule has 1 aromatic carbocycles. The molecule has 2 aliphatic carbocycles. The zero-order valence-electron chi connectivity index (χ0n) is 14.0. The first-order chi connectivity index (χ1) is 10.5. The van der Waals surface area contributed by atoms with Crippen molar-refractivity contribution in [2.45, 2.75) is 52.0 Å². The van der Waals surface area contributed by atoms with Crippen molar-refractivity contribution in [3.8, 4) is 0 Å². The van der Waals surface area contributed by atoms with Crippen molar-refractivity contribution >= 4 is 11.6 Å². The molecular formula is C19H28N2O. The third-order valence-corrected chi connectivity index (χ3v) is 5.97. The van der Waals surface area contributed by atoms with Crippen LogP contribution in [0.5, 0.6) is 0 Å². The van der Waals surface area contributed by atoms with E-state index in [1.165, 1.54) is 30.4 Å². The standard InChI is InChI=1S/C19H28N2O/c1-12-7-8-17(9-13(12)2)21(3)19(22)16-10-14-5-4-6-15(11-16)18(14)20/h7-9,14-16,18H,4-6,10-11,20H2,1-3H3. The van der Waals surface area contributed by atoms with Crippen LogP contribution in [0, 0.1) is 31.6 Å². The first kappa shape index (κ1) is 15.5. The summed E-state index contributed by atoms with van der Waals surface area (Å²) >= 11 is 0. The van der Waals surface area contributed by atoms with Crippen LogP contribution in [0.25, 0.3) is 0 Å². The molecule has 3 heteroatoms. The zero-order chi connectivity index (χ0) is 15.9. The molecular weight excluding hydrogens is 272 g/mol. The monoisotopic (exact) mass is 300 g/mol. The van der Waals surface area contributed by atoms with Crippen LogP contribution >= 0.6 is 0 Å². The van der Waals surface area contributed by atoms with Gasteiger partial charge in [0.2, 0.25) is 5.91 Å². The lowest BCUT2D eigenvalue weighted by atomic mass is 9.65. The normalized spacial score (nSPS) is 30.9. The topological polar surface area (TPSA) is 46.3 Å². The van der Waals surface area contributed by atoms with Crippen molar-refractivity contribution < 1.29 is 4.79 Å². The van der Waals surface area contributed by atoms with Crippen LogP contribution < -0.4 is 10.6 Å². The van der Waals surface area contributed by atoms with Gasteiger partial charge < -0.3 is 10.6 Å². The van der Waals surface area contributed by atoms with Crippen LogP contribution in [0.1, 0.15) is 43.2 Å². The Balaban J connectivity index is 1.74. The molecule has 2 aliphatic rings. The highest BCUT2D eigenvalue weighted by Gasteiger charge is 2.41. The van der Waals surface area contributed by atoms with Gasteiger partial charge in [0, 0.05) is 24.7 Å². The highest BCUT2D eigenvalue weighted by molar-refractivity contribution is 5.94. The molecule has 2 fully saturated rings. The van der Waals surface area contributed by atoms with E-state index in [1.807, 2.05) is 11.9 Å². The SMILES string of the molecule is Cc1ccc(N(C)C(=O)C2CC3CCCC(C2)C3N)cc1C. The lowest BCUT2D eigenvalue weighted by molar-refractivity contribution is -0.124. The van der Waals surface area contributed by atoms with Gasteiger partial charge in [-0.2, -0.15) is 0 Å². The summed E-state index contributed by atoms with van der Waals surface area (Å²) < 4.78 is 0. The zero-order valence-corrected chi connectivity index (χ0v) is 14.0. The molecule has 0 saturated heterocycles. The molecule has 2 unspecified atom stereocenters. The minimum absolute atomic E-state index is 0.154. The van der Waals surface area contributed by atoms with Crippen molar-refractivity contribution in [2.24, 2.45) is 23.5 Å². The van der Waals surface area contributed by atoms with Gasteiger partial charge in [0.05, 0.1) is 0 Å².